The van der Waals surface area contributed by atoms with Crippen molar-refractivity contribution < 1.29 is 33.4 Å². The zero-order chi connectivity index (χ0) is 38.0. The topological polar surface area (TPSA) is 108 Å². The minimum atomic E-state index is -0.758. The van der Waals surface area contributed by atoms with Crippen molar-refractivity contribution >= 4 is 23.8 Å². The van der Waals surface area contributed by atoms with Crippen molar-refractivity contribution in [2.24, 2.45) is 56.7 Å². The minimum absolute atomic E-state index is 0.0109. The van der Waals surface area contributed by atoms with Gasteiger partial charge in [-0.3, -0.25) is 14.4 Å². The maximum atomic E-state index is 14.9. The Labute approximate surface area is 311 Å². The molecule has 286 valence electrons. The summed E-state index contributed by atoms with van der Waals surface area (Å²) in [6.45, 7) is 19.4. The number of methoxy groups -OCH3 is 1. The van der Waals surface area contributed by atoms with Gasteiger partial charge < -0.3 is 19.5 Å². The van der Waals surface area contributed by atoms with Gasteiger partial charge in [0.15, 0.2) is 0 Å². The third kappa shape index (κ3) is 5.93. The van der Waals surface area contributed by atoms with Crippen molar-refractivity contribution in [3.63, 3.8) is 0 Å². The van der Waals surface area contributed by atoms with Crippen molar-refractivity contribution in [3.05, 3.63) is 47.5 Å². The summed E-state index contributed by atoms with van der Waals surface area (Å²) in [7, 11) is 1.39. The highest BCUT2D eigenvalue weighted by molar-refractivity contribution is 5.89. The number of carbonyl (C=O) groups excluding carboxylic acids is 4. The van der Waals surface area contributed by atoms with Crippen LogP contribution in [0, 0.1) is 56.7 Å². The van der Waals surface area contributed by atoms with Crippen LogP contribution in [0.4, 0.5) is 0 Å². The summed E-state index contributed by atoms with van der Waals surface area (Å²) in [6.07, 6.45) is 8.91. The third-order valence-corrected chi connectivity index (χ3v) is 16.0. The Hall–Kier alpha value is -3.16. The predicted molar refractivity (Wildman–Crippen MR) is 200 cm³/mol. The average molecular weight is 718 g/mol. The van der Waals surface area contributed by atoms with Gasteiger partial charge in [-0.2, -0.15) is 0 Å². The van der Waals surface area contributed by atoms with Crippen LogP contribution >= 0.6 is 0 Å². The summed E-state index contributed by atoms with van der Waals surface area (Å²) >= 11 is 0. The SMILES string of the molecule is COC(=O)[C@H](Cc1ccccc1)NC(=O)[C@]12CC[C@@H](C)[C@H](C)[C@H]1C1=CC[C@@H]3[C@@]4(C)C[C@@H](OC(C)=O)[C@H](OC(C)=O)C(C)(C)[C@@H]4CC[C@@]3(C)[C@]1(C)CC2. The van der Waals surface area contributed by atoms with Crippen molar-refractivity contribution in [1.29, 1.82) is 0 Å². The minimum Gasteiger partial charge on any atom is -0.467 e. The van der Waals surface area contributed by atoms with Crippen LogP contribution in [0.25, 0.3) is 0 Å². The van der Waals surface area contributed by atoms with E-state index in [1.54, 1.807) is 0 Å². The molecule has 1 aromatic rings. The van der Waals surface area contributed by atoms with Gasteiger partial charge in [0.2, 0.25) is 5.91 Å². The van der Waals surface area contributed by atoms with E-state index >= 15 is 0 Å². The van der Waals surface area contributed by atoms with Crippen LogP contribution in [0.5, 0.6) is 0 Å². The highest BCUT2D eigenvalue weighted by Gasteiger charge is 2.71. The first-order valence-corrected chi connectivity index (χ1v) is 19.8. The Morgan fingerprint density at radius 1 is 0.865 bits per heavy atom. The van der Waals surface area contributed by atoms with Crippen LogP contribution in [-0.4, -0.2) is 49.2 Å². The van der Waals surface area contributed by atoms with E-state index in [1.165, 1.54) is 26.5 Å². The Balaban J connectivity index is 1.38. The van der Waals surface area contributed by atoms with Gasteiger partial charge in [-0.05, 0) is 103 Å². The fraction of sp³-hybridized carbons (Fsp3) is 0.727. The summed E-state index contributed by atoms with van der Waals surface area (Å²) in [5, 5.41) is 3.26. The molecule has 52 heavy (non-hydrogen) atoms. The molecule has 8 heteroatoms. The summed E-state index contributed by atoms with van der Waals surface area (Å²) in [6, 6.07) is 9.06. The standard InChI is InChI=1S/C44H63NO7/c1-26-18-21-44(39(49)45-32(38(48)50-10)24-30-14-12-11-13-15-30)23-22-42(8)31(36(44)27(26)2)16-17-35-41(7)25-33(51-28(3)46)37(52-29(4)47)40(5,6)34(41)19-20-43(35,42)9/h11-16,26-27,32-37H,17-25H2,1-10H3,(H,45,49)/t26-,27+,32+,33-,34+,35-,36+,37+,41+,42-,43-,44+/m1/s1. The van der Waals surface area contributed by atoms with Gasteiger partial charge in [0, 0.05) is 25.7 Å². The van der Waals surface area contributed by atoms with E-state index in [0.717, 1.165) is 50.5 Å². The lowest BCUT2D eigenvalue weighted by Crippen LogP contribution is -2.68. The Bertz CT molecular complexity index is 1600. The molecule has 0 heterocycles. The van der Waals surface area contributed by atoms with Gasteiger partial charge in [0.05, 0.1) is 12.5 Å². The molecule has 1 amide bonds. The van der Waals surface area contributed by atoms with Gasteiger partial charge in [-0.1, -0.05) is 90.4 Å². The van der Waals surface area contributed by atoms with Gasteiger partial charge in [-0.25, -0.2) is 4.79 Å². The van der Waals surface area contributed by atoms with E-state index in [9.17, 15) is 19.2 Å². The molecule has 1 aromatic carbocycles. The molecule has 4 fully saturated rings. The van der Waals surface area contributed by atoms with Gasteiger partial charge >= 0.3 is 17.9 Å². The molecule has 1 N–H and O–H groups in total. The van der Waals surface area contributed by atoms with E-state index in [4.69, 9.17) is 14.2 Å². The number of hydrogen-bond donors (Lipinski definition) is 1. The van der Waals surface area contributed by atoms with E-state index < -0.39 is 35.0 Å². The van der Waals surface area contributed by atoms with Crippen molar-refractivity contribution in [3.8, 4) is 0 Å². The second kappa shape index (κ2) is 13.6. The first-order valence-electron chi connectivity index (χ1n) is 19.8. The number of hydrogen-bond acceptors (Lipinski definition) is 7. The molecule has 12 atom stereocenters. The second-order valence-corrected chi connectivity index (χ2v) is 18.7. The van der Waals surface area contributed by atoms with Gasteiger partial charge in [0.1, 0.15) is 18.2 Å². The Morgan fingerprint density at radius 3 is 2.17 bits per heavy atom. The predicted octanol–water partition coefficient (Wildman–Crippen LogP) is 8.02. The molecule has 0 unspecified atom stereocenters. The van der Waals surface area contributed by atoms with Crippen molar-refractivity contribution in [2.75, 3.05) is 7.11 Å². The summed E-state index contributed by atoms with van der Waals surface area (Å²) in [5.74, 6) is 0.299. The summed E-state index contributed by atoms with van der Waals surface area (Å²) < 4.78 is 17.2. The van der Waals surface area contributed by atoms with Crippen LogP contribution in [-0.2, 0) is 39.8 Å². The Kier molecular flexibility index (Phi) is 10.1. The zero-order valence-electron chi connectivity index (χ0n) is 33.3. The van der Waals surface area contributed by atoms with Crippen LogP contribution in [0.1, 0.15) is 119 Å². The third-order valence-electron chi connectivity index (χ3n) is 16.0. The number of fused-ring (bicyclic) bond motifs is 7. The van der Waals surface area contributed by atoms with Crippen LogP contribution in [0.2, 0.25) is 0 Å². The number of nitrogens with one attached hydrogen (secondary N) is 1. The normalized spacial score (nSPS) is 41.0. The van der Waals surface area contributed by atoms with Gasteiger partial charge in [0.25, 0.3) is 0 Å². The quantitative estimate of drug-likeness (QED) is 0.173. The number of carbonyl (C=O) groups is 4. The summed E-state index contributed by atoms with van der Waals surface area (Å²) in [5.41, 5.74) is 1.06. The highest BCUT2D eigenvalue weighted by Crippen LogP contribution is 2.76. The van der Waals surface area contributed by atoms with E-state index in [1.807, 2.05) is 30.3 Å². The Morgan fingerprint density at radius 2 is 1.54 bits per heavy atom. The summed E-state index contributed by atoms with van der Waals surface area (Å²) in [4.78, 5) is 52.8. The number of ether oxygens (including phenoxy) is 3. The first-order chi connectivity index (χ1) is 24.4. The highest BCUT2D eigenvalue weighted by atomic mass is 16.6. The fourth-order valence-electron chi connectivity index (χ4n) is 13.2. The largest absolute Gasteiger partial charge is 0.467 e. The molecule has 4 saturated carbocycles. The molecule has 0 spiro atoms. The van der Waals surface area contributed by atoms with Crippen molar-refractivity contribution in [2.45, 2.75) is 138 Å². The zero-order valence-corrected chi connectivity index (χ0v) is 33.3. The molecule has 8 nitrogen and oxygen atoms in total. The molecule has 5 aliphatic carbocycles. The second-order valence-electron chi connectivity index (χ2n) is 18.7. The van der Waals surface area contributed by atoms with E-state index in [2.05, 4.69) is 59.9 Å². The number of amides is 1. The fourth-order valence-corrected chi connectivity index (χ4v) is 13.2. The lowest BCUT2D eigenvalue weighted by molar-refractivity contribution is -0.244. The maximum absolute atomic E-state index is 14.9. The molecule has 0 bridgehead atoms. The first kappa shape index (κ1) is 38.6. The number of allylic oxidation sites excluding steroid dienone is 2. The van der Waals surface area contributed by atoms with Crippen LogP contribution in [0.3, 0.4) is 0 Å². The van der Waals surface area contributed by atoms with Crippen LogP contribution in [0.15, 0.2) is 42.0 Å². The number of benzene rings is 1. The molecule has 0 saturated heterocycles. The van der Waals surface area contributed by atoms with Gasteiger partial charge in [-0.15, -0.1) is 0 Å². The molecule has 5 aliphatic rings. The number of esters is 3. The lowest BCUT2D eigenvalue weighted by atomic mass is 9.33. The monoisotopic (exact) mass is 717 g/mol. The maximum Gasteiger partial charge on any atom is 0.328 e. The lowest BCUT2D eigenvalue weighted by Gasteiger charge is -2.72. The molecule has 0 aliphatic heterocycles. The average Bonchev–Trinajstić information content (AvgIpc) is 3.07. The number of rotatable bonds is 7. The molecule has 6 rings (SSSR count). The van der Waals surface area contributed by atoms with E-state index in [0.29, 0.717) is 30.6 Å². The van der Waals surface area contributed by atoms with Crippen LogP contribution < -0.4 is 5.32 Å². The van der Waals surface area contributed by atoms with E-state index in [-0.39, 0.29) is 45.9 Å². The molecule has 0 aromatic heterocycles. The smallest absolute Gasteiger partial charge is 0.328 e. The molecular weight excluding hydrogens is 654 g/mol. The van der Waals surface area contributed by atoms with Crippen molar-refractivity contribution in [1.82, 2.24) is 5.32 Å². The molecule has 0 radical (unpaired) electrons. The molecular formula is C44H63NO7.